The summed E-state index contributed by atoms with van der Waals surface area (Å²) in [5.41, 5.74) is 6.86. The molecule has 4 heterocycles. The Morgan fingerprint density at radius 1 is 0.558 bits per heavy atom. The monoisotopic (exact) mass is 562 g/mol. The molecule has 0 bridgehead atoms. The SMILES string of the molecule is CC(C)(C)c1cccc2c1c1ccc(Oc3ccc4c(c3)c3nccn3c3c(C(C)(C)C)cccc43)cc1c1nccn21. The standard InChI is InChI=1S/C38H34N4O/c1-37(2,3)30-10-8-12-32-33(30)26-16-14-24(22-29(26)35-39-17-19-41(32)35)43-23-13-15-25-27-9-7-11-31(38(4,5)6)34(27)42-20-18-40-36(42)28(25)21-23/h7-22H,1-6H3. The third-order valence-corrected chi connectivity index (χ3v) is 8.74. The molecular weight excluding hydrogens is 528 g/mol. The molecule has 8 aromatic rings. The summed E-state index contributed by atoms with van der Waals surface area (Å²) in [5.74, 6) is 1.55. The van der Waals surface area contributed by atoms with Gasteiger partial charge in [-0.3, -0.25) is 8.80 Å². The molecular formula is C38H34N4O. The van der Waals surface area contributed by atoms with Gasteiger partial charge in [-0.25, -0.2) is 9.97 Å². The minimum atomic E-state index is -0.00301. The van der Waals surface area contributed by atoms with Crippen LogP contribution in [-0.4, -0.2) is 18.8 Å². The largest absolute Gasteiger partial charge is 0.457 e. The number of hydrogen-bond donors (Lipinski definition) is 0. The predicted octanol–water partition coefficient (Wildman–Crippen LogP) is 9.98. The van der Waals surface area contributed by atoms with Crippen LogP contribution in [0.15, 0.2) is 97.6 Å². The summed E-state index contributed by atoms with van der Waals surface area (Å²) in [6.45, 7) is 13.6. The van der Waals surface area contributed by atoms with Crippen molar-refractivity contribution in [1.82, 2.24) is 18.8 Å². The zero-order valence-electron chi connectivity index (χ0n) is 25.4. The molecule has 4 aromatic carbocycles. The van der Waals surface area contributed by atoms with Gasteiger partial charge in [-0.15, -0.1) is 0 Å². The molecule has 0 aliphatic carbocycles. The van der Waals surface area contributed by atoms with Crippen molar-refractivity contribution in [2.75, 3.05) is 0 Å². The lowest BCUT2D eigenvalue weighted by atomic mass is 9.83. The second kappa shape index (κ2) is 8.81. The second-order valence-corrected chi connectivity index (χ2v) is 13.7. The lowest BCUT2D eigenvalue weighted by molar-refractivity contribution is 0.484. The van der Waals surface area contributed by atoms with Crippen LogP contribution in [0.1, 0.15) is 52.7 Å². The zero-order chi connectivity index (χ0) is 29.7. The van der Waals surface area contributed by atoms with Gasteiger partial charge in [-0.1, -0.05) is 71.9 Å². The van der Waals surface area contributed by atoms with Gasteiger partial charge < -0.3 is 4.74 Å². The fourth-order valence-electron chi connectivity index (χ4n) is 6.79. The van der Waals surface area contributed by atoms with E-state index in [-0.39, 0.29) is 10.8 Å². The maximum Gasteiger partial charge on any atom is 0.145 e. The lowest BCUT2D eigenvalue weighted by Gasteiger charge is -2.23. The first-order valence-electron chi connectivity index (χ1n) is 14.9. The Balaban J connectivity index is 1.31. The highest BCUT2D eigenvalue weighted by molar-refractivity contribution is 6.14. The number of rotatable bonds is 2. The fourth-order valence-corrected chi connectivity index (χ4v) is 6.79. The number of pyridine rings is 2. The molecule has 0 aliphatic heterocycles. The Hall–Kier alpha value is -4.90. The molecule has 0 fully saturated rings. The molecule has 0 aliphatic rings. The summed E-state index contributed by atoms with van der Waals surface area (Å²) >= 11 is 0. The van der Waals surface area contributed by atoms with Crippen LogP contribution in [-0.2, 0) is 10.8 Å². The third kappa shape index (κ3) is 3.84. The van der Waals surface area contributed by atoms with Gasteiger partial charge in [0.25, 0.3) is 0 Å². The average molecular weight is 563 g/mol. The number of aromatic nitrogens is 4. The van der Waals surface area contributed by atoms with Gasteiger partial charge in [0.2, 0.25) is 0 Å². The summed E-state index contributed by atoms with van der Waals surface area (Å²) in [7, 11) is 0. The van der Waals surface area contributed by atoms with Crippen molar-refractivity contribution in [2.24, 2.45) is 0 Å². The number of para-hydroxylation sites is 1. The first-order valence-corrected chi connectivity index (χ1v) is 14.9. The number of fused-ring (bicyclic) bond motifs is 12. The van der Waals surface area contributed by atoms with E-state index in [1.165, 1.54) is 43.7 Å². The highest BCUT2D eigenvalue weighted by atomic mass is 16.5. The molecule has 0 saturated carbocycles. The molecule has 0 saturated heterocycles. The van der Waals surface area contributed by atoms with E-state index in [0.29, 0.717) is 0 Å². The highest BCUT2D eigenvalue weighted by Gasteiger charge is 2.22. The maximum absolute atomic E-state index is 6.57. The van der Waals surface area contributed by atoms with Crippen LogP contribution in [0.25, 0.3) is 54.6 Å². The lowest BCUT2D eigenvalue weighted by Crippen LogP contribution is -2.13. The van der Waals surface area contributed by atoms with Crippen LogP contribution in [0, 0.1) is 0 Å². The molecule has 0 amide bonds. The van der Waals surface area contributed by atoms with E-state index in [1.807, 2.05) is 18.6 Å². The van der Waals surface area contributed by atoms with Crippen LogP contribution in [0.3, 0.4) is 0 Å². The van der Waals surface area contributed by atoms with E-state index in [9.17, 15) is 0 Å². The number of nitrogens with zero attached hydrogens (tertiary/aromatic N) is 4. The van der Waals surface area contributed by atoms with Crippen molar-refractivity contribution in [3.05, 3.63) is 109 Å². The average Bonchev–Trinajstić information content (AvgIpc) is 3.67. The first-order chi connectivity index (χ1) is 20.6. The molecule has 5 nitrogen and oxygen atoms in total. The van der Waals surface area contributed by atoms with Gasteiger partial charge in [0.15, 0.2) is 0 Å². The quantitative estimate of drug-likeness (QED) is 0.197. The number of hydrogen-bond acceptors (Lipinski definition) is 3. The minimum Gasteiger partial charge on any atom is -0.457 e. The third-order valence-electron chi connectivity index (χ3n) is 8.74. The van der Waals surface area contributed by atoms with Crippen LogP contribution >= 0.6 is 0 Å². The van der Waals surface area contributed by atoms with E-state index in [4.69, 9.17) is 14.7 Å². The van der Waals surface area contributed by atoms with Crippen LogP contribution < -0.4 is 4.74 Å². The van der Waals surface area contributed by atoms with Gasteiger partial charge in [0, 0.05) is 46.3 Å². The van der Waals surface area contributed by atoms with Crippen LogP contribution in [0.5, 0.6) is 11.5 Å². The summed E-state index contributed by atoms with van der Waals surface area (Å²) in [6, 6.07) is 25.9. The van der Waals surface area contributed by atoms with Crippen molar-refractivity contribution in [3.8, 4) is 11.5 Å². The van der Waals surface area contributed by atoms with Crippen LogP contribution in [0.2, 0.25) is 0 Å². The van der Waals surface area contributed by atoms with Gasteiger partial charge in [-0.2, -0.15) is 0 Å². The van der Waals surface area contributed by atoms with Crippen molar-refractivity contribution >= 4 is 54.6 Å². The van der Waals surface area contributed by atoms with Gasteiger partial charge in [-0.05, 0) is 75.2 Å². The molecule has 4 aromatic heterocycles. The molecule has 8 rings (SSSR count). The summed E-state index contributed by atoms with van der Waals surface area (Å²) in [4.78, 5) is 9.55. The molecule has 0 unspecified atom stereocenters. The molecule has 0 radical (unpaired) electrons. The van der Waals surface area contributed by atoms with Crippen LogP contribution in [0.4, 0.5) is 0 Å². The Morgan fingerprint density at radius 3 is 1.84 bits per heavy atom. The first kappa shape index (κ1) is 25.8. The predicted molar refractivity (Wildman–Crippen MR) is 178 cm³/mol. The van der Waals surface area contributed by atoms with E-state index < -0.39 is 0 Å². The minimum absolute atomic E-state index is 0.00274. The Kier molecular flexibility index (Phi) is 5.28. The fraction of sp³-hybridized carbons (Fsp3) is 0.211. The van der Waals surface area contributed by atoms with E-state index >= 15 is 0 Å². The Labute approximate surface area is 250 Å². The number of ether oxygens (including phenoxy) is 1. The normalized spacial score (nSPS) is 12.9. The van der Waals surface area contributed by atoms with Crippen molar-refractivity contribution < 1.29 is 4.74 Å². The Morgan fingerprint density at radius 2 is 1.14 bits per heavy atom. The zero-order valence-corrected chi connectivity index (χ0v) is 25.4. The molecule has 0 N–H and O–H groups in total. The maximum atomic E-state index is 6.57. The van der Waals surface area contributed by atoms with Gasteiger partial charge in [0.05, 0.1) is 11.0 Å². The second-order valence-electron chi connectivity index (χ2n) is 13.7. The number of benzene rings is 4. The molecule has 212 valence electrons. The smallest absolute Gasteiger partial charge is 0.145 e. The summed E-state index contributed by atoms with van der Waals surface area (Å²) < 4.78 is 11.0. The van der Waals surface area contributed by atoms with Crippen molar-refractivity contribution in [3.63, 3.8) is 0 Å². The Bertz CT molecular complexity index is 2400. The van der Waals surface area contributed by atoms with Gasteiger partial charge >= 0.3 is 0 Å². The number of imidazole rings is 2. The molecule has 5 heteroatoms. The molecule has 0 atom stereocenters. The molecule has 0 spiro atoms. The van der Waals surface area contributed by atoms with E-state index in [1.54, 1.807) is 0 Å². The summed E-state index contributed by atoms with van der Waals surface area (Å²) in [6.07, 6.45) is 7.87. The highest BCUT2D eigenvalue weighted by Crippen LogP contribution is 2.40. The molecule has 43 heavy (non-hydrogen) atoms. The van der Waals surface area contributed by atoms with Crippen molar-refractivity contribution in [1.29, 1.82) is 0 Å². The van der Waals surface area contributed by atoms with Gasteiger partial charge in [0.1, 0.15) is 22.8 Å². The van der Waals surface area contributed by atoms with Crippen molar-refractivity contribution in [2.45, 2.75) is 52.4 Å². The topological polar surface area (TPSA) is 43.8 Å². The van der Waals surface area contributed by atoms with E-state index in [2.05, 4.69) is 129 Å². The summed E-state index contributed by atoms with van der Waals surface area (Å²) in [5, 5.41) is 6.97. The van der Waals surface area contributed by atoms with E-state index in [0.717, 1.165) is 33.6 Å².